The zero-order valence-electron chi connectivity index (χ0n) is 13.0. The lowest BCUT2D eigenvalue weighted by Crippen LogP contribution is -2.41. The lowest BCUT2D eigenvalue weighted by atomic mass is 9.94. The minimum atomic E-state index is -0.177. The normalized spacial score (nSPS) is 21.8. The Morgan fingerprint density at radius 1 is 1.52 bits per heavy atom. The van der Waals surface area contributed by atoms with Crippen molar-refractivity contribution in [1.82, 2.24) is 10.2 Å². The number of nitrogens with zero attached hydrogens (tertiary/aromatic N) is 1. The number of carbonyl (C=O) groups is 1. The van der Waals surface area contributed by atoms with Gasteiger partial charge in [0.2, 0.25) is 0 Å². The van der Waals surface area contributed by atoms with Gasteiger partial charge in [0.1, 0.15) is 0 Å². The summed E-state index contributed by atoms with van der Waals surface area (Å²) >= 11 is 0. The van der Waals surface area contributed by atoms with Gasteiger partial charge in [-0.05, 0) is 31.8 Å². The molecule has 5 heteroatoms. The number of hydrogen-bond acceptors (Lipinski definition) is 4. The van der Waals surface area contributed by atoms with E-state index in [0.29, 0.717) is 18.0 Å². The third-order valence-corrected chi connectivity index (χ3v) is 4.13. The summed E-state index contributed by atoms with van der Waals surface area (Å²) in [5.41, 5.74) is 3.48. The van der Waals surface area contributed by atoms with E-state index in [-0.39, 0.29) is 18.6 Å². The molecule has 21 heavy (non-hydrogen) atoms. The number of carbonyl (C=O) groups excluding carboxylic acids is 1. The van der Waals surface area contributed by atoms with Crippen LogP contribution in [0.15, 0.2) is 34.9 Å². The summed E-state index contributed by atoms with van der Waals surface area (Å²) in [5, 5.41) is 12.5. The number of likely N-dealkylation sites (N-methyl/N-ethyl adjacent to an activating group) is 1. The molecular weight excluding hydrogens is 268 g/mol. The SMILES string of the molecule is C=C1C(CC)=C2CCC(CO)N2C(C(=O)NCC)=C1OC. The maximum Gasteiger partial charge on any atom is 0.271 e. The lowest BCUT2D eigenvalue weighted by Gasteiger charge is -2.35. The van der Waals surface area contributed by atoms with Crippen molar-refractivity contribution < 1.29 is 14.6 Å². The van der Waals surface area contributed by atoms with Crippen LogP contribution in [0.4, 0.5) is 0 Å². The van der Waals surface area contributed by atoms with Crippen LogP contribution < -0.4 is 5.32 Å². The fourth-order valence-electron chi connectivity index (χ4n) is 3.22. The number of methoxy groups -OCH3 is 1. The predicted molar refractivity (Wildman–Crippen MR) is 81.1 cm³/mol. The van der Waals surface area contributed by atoms with Crippen molar-refractivity contribution in [2.45, 2.75) is 39.2 Å². The molecule has 2 aliphatic rings. The number of aliphatic hydroxyl groups is 1. The number of rotatable bonds is 5. The molecule has 1 unspecified atom stereocenters. The summed E-state index contributed by atoms with van der Waals surface area (Å²) < 4.78 is 5.48. The second-order valence-electron chi connectivity index (χ2n) is 5.24. The second kappa shape index (κ2) is 6.35. The van der Waals surface area contributed by atoms with Crippen molar-refractivity contribution in [3.63, 3.8) is 0 Å². The van der Waals surface area contributed by atoms with Gasteiger partial charge in [-0.2, -0.15) is 0 Å². The molecule has 1 amide bonds. The maximum atomic E-state index is 12.5. The molecule has 0 bridgehead atoms. The average molecular weight is 292 g/mol. The molecule has 0 aromatic rings. The van der Waals surface area contributed by atoms with Gasteiger partial charge in [0.05, 0.1) is 19.8 Å². The third-order valence-electron chi connectivity index (χ3n) is 4.13. The molecule has 0 spiro atoms. The number of amides is 1. The first kappa shape index (κ1) is 15.6. The van der Waals surface area contributed by atoms with Crippen LogP contribution in [-0.2, 0) is 9.53 Å². The molecule has 0 aromatic heterocycles. The van der Waals surface area contributed by atoms with E-state index < -0.39 is 0 Å². The Morgan fingerprint density at radius 2 is 2.24 bits per heavy atom. The zero-order valence-corrected chi connectivity index (χ0v) is 13.0. The van der Waals surface area contributed by atoms with Crippen molar-refractivity contribution in [2.24, 2.45) is 0 Å². The monoisotopic (exact) mass is 292 g/mol. The quantitative estimate of drug-likeness (QED) is 0.809. The second-order valence-corrected chi connectivity index (χ2v) is 5.24. The first-order valence-electron chi connectivity index (χ1n) is 7.48. The lowest BCUT2D eigenvalue weighted by molar-refractivity contribution is -0.119. The van der Waals surface area contributed by atoms with Crippen LogP contribution in [-0.4, -0.2) is 42.2 Å². The molecule has 0 aliphatic carbocycles. The van der Waals surface area contributed by atoms with Gasteiger partial charge in [0, 0.05) is 17.8 Å². The summed E-state index contributed by atoms with van der Waals surface area (Å²) in [6, 6.07) is -0.0718. The molecule has 1 fully saturated rings. The predicted octanol–water partition coefficient (Wildman–Crippen LogP) is 1.67. The Balaban J connectivity index is 2.56. The van der Waals surface area contributed by atoms with E-state index in [0.717, 1.165) is 36.1 Å². The van der Waals surface area contributed by atoms with E-state index in [4.69, 9.17) is 4.74 Å². The highest BCUT2D eigenvalue weighted by molar-refractivity contribution is 5.95. The topological polar surface area (TPSA) is 61.8 Å². The molecule has 0 saturated carbocycles. The van der Waals surface area contributed by atoms with Crippen LogP contribution in [0.5, 0.6) is 0 Å². The Kier molecular flexibility index (Phi) is 4.73. The molecule has 2 rings (SSSR count). The van der Waals surface area contributed by atoms with Gasteiger partial charge in [-0.3, -0.25) is 4.79 Å². The maximum absolute atomic E-state index is 12.5. The summed E-state index contributed by atoms with van der Waals surface area (Å²) in [5.74, 6) is 0.338. The van der Waals surface area contributed by atoms with Crippen molar-refractivity contribution in [2.75, 3.05) is 20.3 Å². The van der Waals surface area contributed by atoms with Crippen molar-refractivity contribution in [3.05, 3.63) is 34.9 Å². The van der Waals surface area contributed by atoms with Crippen LogP contribution in [0.3, 0.4) is 0 Å². The van der Waals surface area contributed by atoms with Gasteiger partial charge in [0.15, 0.2) is 11.5 Å². The van der Waals surface area contributed by atoms with Crippen molar-refractivity contribution >= 4 is 5.91 Å². The largest absolute Gasteiger partial charge is 0.494 e. The number of nitrogens with one attached hydrogen (secondary N) is 1. The van der Waals surface area contributed by atoms with E-state index in [2.05, 4.69) is 18.8 Å². The van der Waals surface area contributed by atoms with Gasteiger partial charge >= 0.3 is 0 Å². The standard InChI is InChI=1S/C16H24N2O3/c1-5-12-10(3)15(21-4)14(16(20)17-6-2)18-11(9-19)7-8-13(12)18/h11,19H,3,5-9H2,1-2,4H3,(H,17,20). The summed E-state index contributed by atoms with van der Waals surface area (Å²) in [6.45, 7) is 8.63. The smallest absolute Gasteiger partial charge is 0.271 e. The molecule has 0 radical (unpaired) electrons. The van der Waals surface area contributed by atoms with Crippen LogP contribution >= 0.6 is 0 Å². The summed E-state index contributed by atoms with van der Waals surface area (Å²) in [4.78, 5) is 14.4. The zero-order chi connectivity index (χ0) is 15.6. The molecular formula is C16H24N2O3. The number of hydrogen-bond donors (Lipinski definition) is 2. The van der Waals surface area contributed by atoms with Gasteiger partial charge in [-0.1, -0.05) is 13.5 Å². The van der Waals surface area contributed by atoms with Gasteiger partial charge in [-0.25, -0.2) is 0 Å². The van der Waals surface area contributed by atoms with Crippen LogP contribution in [0, 0.1) is 0 Å². The Hall–Kier alpha value is -1.75. The Morgan fingerprint density at radius 3 is 2.76 bits per heavy atom. The molecule has 5 nitrogen and oxygen atoms in total. The highest BCUT2D eigenvalue weighted by atomic mass is 16.5. The number of fused-ring (bicyclic) bond motifs is 1. The van der Waals surface area contributed by atoms with Crippen LogP contribution in [0.1, 0.15) is 33.1 Å². The van der Waals surface area contributed by atoms with Crippen LogP contribution in [0.25, 0.3) is 0 Å². The molecule has 2 heterocycles. The number of allylic oxidation sites excluding steroid dienone is 2. The first-order valence-corrected chi connectivity index (χ1v) is 7.48. The number of ether oxygens (including phenoxy) is 1. The number of aliphatic hydroxyl groups excluding tert-OH is 1. The fraction of sp³-hybridized carbons (Fsp3) is 0.562. The molecule has 1 atom stereocenters. The van der Waals surface area contributed by atoms with E-state index in [9.17, 15) is 9.90 Å². The fourth-order valence-corrected chi connectivity index (χ4v) is 3.22. The van der Waals surface area contributed by atoms with E-state index in [1.165, 1.54) is 0 Å². The minimum absolute atomic E-state index is 0.0207. The molecule has 1 saturated heterocycles. The Bertz CT molecular complexity index is 520. The van der Waals surface area contributed by atoms with Crippen molar-refractivity contribution in [3.8, 4) is 0 Å². The molecule has 116 valence electrons. The van der Waals surface area contributed by atoms with Gasteiger partial charge in [0.25, 0.3) is 5.91 Å². The van der Waals surface area contributed by atoms with E-state index in [1.54, 1.807) is 7.11 Å². The highest BCUT2D eigenvalue weighted by Crippen LogP contribution is 2.43. The Labute approximate surface area is 126 Å². The molecule has 2 aliphatic heterocycles. The van der Waals surface area contributed by atoms with Gasteiger partial charge in [-0.15, -0.1) is 0 Å². The van der Waals surface area contributed by atoms with E-state index in [1.807, 2.05) is 11.8 Å². The average Bonchev–Trinajstić information content (AvgIpc) is 2.89. The van der Waals surface area contributed by atoms with Crippen molar-refractivity contribution in [1.29, 1.82) is 0 Å². The van der Waals surface area contributed by atoms with Crippen LogP contribution in [0.2, 0.25) is 0 Å². The molecule has 0 aromatic carbocycles. The molecule has 2 N–H and O–H groups in total. The third kappa shape index (κ3) is 2.46. The minimum Gasteiger partial charge on any atom is -0.494 e. The van der Waals surface area contributed by atoms with Gasteiger partial charge < -0.3 is 20.1 Å². The summed E-state index contributed by atoms with van der Waals surface area (Å²) in [6.07, 6.45) is 2.52. The summed E-state index contributed by atoms with van der Waals surface area (Å²) in [7, 11) is 1.56. The first-order chi connectivity index (χ1) is 10.1. The van der Waals surface area contributed by atoms with E-state index >= 15 is 0 Å². The highest BCUT2D eigenvalue weighted by Gasteiger charge is 2.41.